The Morgan fingerprint density at radius 2 is 1.63 bits per heavy atom. The van der Waals surface area contributed by atoms with Gasteiger partial charge in [-0.15, -0.1) is 0 Å². The zero-order chi connectivity index (χ0) is 18.8. The van der Waals surface area contributed by atoms with Gasteiger partial charge in [0.15, 0.2) is 0 Å². The molecule has 0 spiro atoms. The normalized spacial score (nSPS) is 11.2. The number of aliphatic hydroxyl groups is 2. The fourth-order valence-corrected chi connectivity index (χ4v) is 3.59. The van der Waals surface area contributed by atoms with Crippen molar-refractivity contribution in [2.75, 3.05) is 7.11 Å². The first-order valence-electron chi connectivity index (χ1n) is 8.90. The zero-order valence-corrected chi connectivity index (χ0v) is 15.1. The molecule has 27 heavy (non-hydrogen) atoms. The molecule has 0 radical (unpaired) electrons. The predicted octanol–water partition coefficient (Wildman–Crippen LogP) is 3.97. The summed E-state index contributed by atoms with van der Waals surface area (Å²) >= 11 is 0. The highest BCUT2D eigenvalue weighted by Gasteiger charge is 2.11. The molecule has 0 bridgehead atoms. The second-order valence-corrected chi connectivity index (χ2v) is 6.60. The van der Waals surface area contributed by atoms with Gasteiger partial charge in [-0.3, -0.25) is 4.98 Å². The van der Waals surface area contributed by atoms with E-state index in [1.807, 2.05) is 24.3 Å². The van der Waals surface area contributed by atoms with E-state index in [0.29, 0.717) is 6.42 Å². The van der Waals surface area contributed by atoms with E-state index in [-0.39, 0.29) is 13.2 Å². The number of methoxy groups -OCH3 is 1. The Morgan fingerprint density at radius 3 is 2.41 bits per heavy atom. The molecule has 0 atom stereocenters. The number of fused-ring (bicyclic) bond motifs is 2. The molecule has 0 fully saturated rings. The van der Waals surface area contributed by atoms with Crippen molar-refractivity contribution in [1.82, 2.24) is 4.98 Å². The number of rotatable bonds is 5. The number of hydrogen-bond donors (Lipinski definition) is 2. The van der Waals surface area contributed by atoms with Crippen LogP contribution in [0.3, 0.4) is 0 Å². The van der Waals surface area contributed by atoms with Crippen LogP contribution in [-0.4, -0.2) is 22.3 Å². The van der Waals surface area contributed by atoms with E-state index in [9.17, 15) is 10.2 Å². The van der Waals surface area contributed by atoms with Crippen LogP contribution in [0.15, 0.2) is 60.8 Å². The summed E-state index contributed by atoms with van der Waals surface area (Å²) in [6, 6.07) is 18.1. The third-order valence-electron chi connectivity index (χ3n) is 5.05. The molecule has 136 valence electrons. The summed E-state index contributed by atoms with van der Waals surface area (Å²) in [6.07, 6.45) is 2.47. The van der Waals surface area contributed by atoms with Crippen LogP contribution in [0, 0.1) is 0 Å². The van der Waals surface area contributed by atoms with Crippen LogP contribution in [0.4, 0.5) is 0 Å². The number of nitrogens with zero attached hydrogens (tertiary/aromatic N) is 1. The lowest BCUT2D eigenvalue weighted by atomic mass is 9.96. The molecule has 3 aromatic carbocycles. The number of benzene rings is 3. The second-order valence-electron chi connectivity index (χ2n) is 6.60. The van der Waals surface area contributed by atoms with Gasteiger partial charge >= 0.3 is 0 Å². The van der Waals surface area contributed by atoms with E-state index in [1.165, 1.54) is 5.56 Å². The van der Waals surface area contributed by atoms with Crippen molar-refractivity contribution >= 4 is 21.5 Å². The van der Waals surface area contributed by atoms with Gasteiger partial charge in [0.2, 0.25) is 0 Å². The van der Waals surface area contributed by atoms with E-state index in [0.717, 1.165) is 44.1 Å². The molecule has 1 heterocycles. The molecule has 0 aliphatic carbocycles. The van der Waals surface area contributed by atoms with Crippen LogP contribution < -0.4 is 4.74 Å². The first kappa shape index (κ1) is 17.5. The molecule has 0 saturated carbocycles. The largest absolute Gasteiger partial charge is 0.497 e. The molecule has 0 aliphatic rings. The number of hydrogen-bond acceptors (Lipinski definition) is 4. The molecule has 0 saturated heterocycles. The molecule has 0 amide bonds. The highest BCUT2D eigenvalue weighted by molar-refractivity contribution is 5.89. The van der Waals surface area contributed by atoms with Gasteiger partial charge in [0.05, 0.1) is 26.0 Å². The third kappa shape index (κ3) is 3.25. The first-order chi connectivity index (χ1) is 13.2. The van der Waals surface area contributed by atoms with Crippen molar-refractivity contribution in [3.05, 3.63) is 83.2 Å². The first-order valence-corrected chi connectivity index (χ1v) is 8.90. The summed E-state index contributed by atoms with van der Waals surface area (Å²) in [6.45, 7) is -0.196. The van der Waals surface area contributed by atoms with Gasteiger partial charge in [-0.2, -0.15) is 0 Å². The number of ether oxygens (including phenoxy) is 1. The molecule has 0 unspecified atom stereocenters. The molecule has 1 aromatic heterocycles. The maximum atomic E-state index is 9.64. The maximum Gasteiger partial charge on any atom is 0.119 e. The van der Waals surface area contributed by atoms with Gasteiger partial charge in [-0.1, -0.05) is 24.3 Å². The summed E-state index contributed by atoms with van der Waals surface area (Å²) in [5, 5.41) is 23.5. The van der Waals surface area contributed by atoms with E-state index in [2.05, 4.69) is 35.3 Å². The minimum atomic E-state index is -0.106. The van der Waals surface area contributed by atoms with Crippen molar-refractivity contribution in [2.24, 2.45) is 0 Å². The summed E-state index contributed by atoms with van der Waals surface area (Å²) in [5.74, 6) is 0.830. The zero-order valence-electron chi connectivity index (χ0n) is 15.1. The minimum absolute atomic E-state index is 0.0907. The van der Waals surface area contributed by atoms with Crippen molar-refractivity contribution < 1.29 is 14.9 Å². The van der Waals surface area contributed by atoms with Gasteiger partial charge in [0.25, 0.3) is 0 Å². The Kier molecular flexibility index (Phi) is 4.75. The summed E-state index contributed by atoms with van der Waals surface area (Å²) < 4.78 is 5.39. The van der Waals surface area contributed by atoms with E-state index >= 15 is 0 Å². The van der Waals surface area contributed by atoms with E-state index in [4.69, 9.17) is 4.74 Å². The standard InChI is InChI=1S/C23H21NO3/c1-27-20-6-5-15-3-2-4-16(21(15)12-20)11-23-22-10-19(14-26)18(13-25)9-17(22)7-8-24-23/h2-10,12,25-26H,11,13-14H2,1H3. The summed E-state index contributed by atoms with van der Waals surface area (Å²) in [4.78, 5) is 4.61. The highest BCUT2D eigenvalue weighted by atomic mass is 16.5. The molecule has 2 N–H and O–H groups in total. The van der Waals surface area contributed by atoms with Crippen molar-refractivity contribution in [1.29, 1.82) is 0 Å². The van der Waals surface area contributed by atoms with Crippen molar-refractivity contribution in [3.8, 4) is 5.75 Å². The van der Waals surface area contributed by atoms with Gasteiger partial charge in [0.1, 0.15) is 5.75 Å². The Morgan fingerprint density at radius 1 is 0.815 bits per heavy atom. The Hall–Kier alpha value is -2.95. The average Bonchev–Trinajstić information content (AvgIpc) is 2.72. The van der Waals surface area contributed by atoms with Gasteiger partial charge in [-0.05, 0) is 63.2 Å². The average molecular weight is 359 g/mol. The molecule has 4 aromatic rings. The molecule has 4 rings (SSSR count). The van der Waals surface area contributed by atoms with Crippen LogP contribution in [0.5, 0.6) is 5.75 Å². The topological polar surface area (TPSA) is 62.6 Å². The van der Waals surface area contributed by atoms with Crippen LogP contribution in [0.25, 0.3) is 21.5 Å². The fraction of sp³-hybridized carbons (Fsp3) is 0.174. The van der Waals surface area contributed by atoms with E-state index in [1.54, 1.807) is 13.3 Å². The minimum Gasteiger partial charge on any atom is -0.497 e. The molecule has 0 aliphatic heterocycles. The van der Waals surface area contributed by atoms with Crippen LogP contribution in [0.1, 0.15) is 22.4 Å². The van der Waals surface area contributed by atoms with Gasteiger partial charge in [-0.25, -0.2) is 0 Å². The third-order valence-corrected chi connectivity index (χ3v) is 5.05. The Labute approximate surface area is 157 Å². The lowest BCUT2D eigenvalue weighted by Crippen LogP contribution is -1.99. The monoisotopic (exact) mass is 359 g/mol. The maximum absolute atomic E-state index is 9.64. The number of aromatic nitrogens is 1. The van der Waals surface area contributed by atoms with Crippen molar-refractivity contribution in [3.63, 3.8) is 0 Å². The lowest BCUT2D eigenvalue weighted by Gasteiger charge is -2.12. The second kappa shape index (κ2) is 7.35. The smallest absolute Gasteiger partial charge is 0.119 e. The number of aliphatic hydroxyl groups excluding tert-OH is 2. The quantitative estimate of drug-likeness (QED) is 0.566. The Balaban J connectivity index is 1.85. The SMILES string of the molecule is COc1ccc2cccc(Cc3nccc4cc(CO)c(CO)cc34)c2c1. The number of pyridine rings is 1. The van der Waals surface area contributed by atoms with Crippen LogP contribution >= 0.6 is 0 Å². The Bertz CT molecular complexity index is 1120. The predicted molar refractivity (Wildman–Crippen MR) is 107 cm³/mol. The summed E-state index contributed by atoms with van der Waals surface area (Å²) in [7, 11) is 1.67. The molecule has 4 nitrogen and oxygen atoms in total. The molecular formula is C23H21NO3. The van der Waals surface area contributed by atoms with Crippen LogP contribution in [0.2, 0.25) is 0 Å². The lowest BCUT2D eigenvalue weighted by molar-refractivity contribution is 0.260. The van der Waals surface area contributed by atoms with E-state index < -0.39 is 0 Å². The molecule has 4 heteroatoms. The van der Waals surface area contributed by atoms with Crippen molar-refractivity contribution in [2.45, 2.75) is 19.6 Å². The van der Waals surface area contributed by atoms with Gasteiger partial charge < -0.3 is 14.9 Å². The highest BCUT2D eigenvalue weighted by Crippen LogP contribution is 2.28. The summed E-state index contributed by atoms with van der Waals surface area (Å²) in [5.41, 5.74) is 3.60. The fourth-order valence-electron chi connectivity index (χ4n) is 3.59. The van der Waals surface area contributed by atoms with Crippen LogP contribution in [-0.2, 0) is 19.6 Å². The van der Waals surface area contributed by atoms with Gasteiger partial charge in [0, 0.05) is 18.0 Å². The molecular weight excluding hydrogens is 338 g/mol.